The van der Waals surface area contributed by atoms with Gasteiger partial charge in [-0.15, -0.1) is 0 Å². The molecule has 1 aromatic heterocycles. The van der Waals surface area contributed by atoms with Crippen LogP contribution in [0.25, 0.3) is 0 Å². The molecule has 0 aliphatic carbocycles. The summed E-state index contributed by atoms with van der Waals surface area (Å²) < 4.78 is 36.5. The van der Waals surface area contributed by atoms with Crippen molar-refractivity contribution in [3.63, 3.8) is 0 Å². The Morgan fingerprint density at radius 2 is 2.42 bits per heavy atom. The Kier molecular flexibility index (Phi) is 2.72. The first-order valence-corrected chi connectivity index (χ1v) is 4.07. The summed E-state index contributed by atoms with van der Waals surface area (Å²) >= 11 is -2.42. The number of hydrogen-bond donors (Lipinski definition) is 1. The molecule has 1 atom stereocenters. The third kappa shape index (κ3) is 1.59. The van der Waals surface area contributed by atoms with Crippen LogP contribution in [-0.2, 0) is 11.1 Å². The highest BCUT2D eigenvalue weighted by Gasteiger charge is 2.13. The number of ether oxygens (including phenoxy) is 1. The molecule has 1 unspecified atom stereocenters. The van der Waals surface area contributed by atoms with Crippen LogP contribution in [0.2, 0.25) is 0 Å². The fourth-order valence-electron chi connectivity index (χ4n) is 0.687. The van der Waals surface area contributed by atoms with E-state index >= 15 is 0 Å². The van der Waals surface area contributed by atoms with Crippen LogP contribution in [-0.4, -0.2) is 20.9 Å². The first-order chi connectivity index (χ1) is 5.66. The van der Waals surface area contributed by atoms with Gasteiger partial charge in [-0.05, 0) is 0 Å². The van der Waals surface area contributed by atoms with Crippen molar-refractivity contribution >= 4 is 11.1 Å². The summed E-state index contributed by atoms with van der Waals surface area (Å²) in [6.45, 7) is 0. The summed E-state index contributed by atoms with van der Waals surface area (Å²) in [6, 6.07) is 1.27. The highest BCUT2D eigenvalue weighted by Crippen LogP contribution is 2.19. The molecular weight excluding hydrogens is 185 g/mol. The maximum absolute atomic E-state index is 13.0. The maximum atomic E-state index is 13.0. The maximum Gasteiger partial charge on any atom is 0.208 e. The lowest BCUT2D eigenvalue weighted by Crippen LogP contribution is -1.99. The zero-order chi connectivity index (χ0) is 9.14. The Balaban J connectivity index is 3.23. The van der Waals surface area contributed by atoms with Gasteiger partial charge in [-0.1, -0.05) is 0 Å². The van der Waals surface area contributed by atoms with E-state index in [0.717, 1.165) is 0 Å². The lowest BCUT2D eigenvalue weighted by molar-refractivity contribution is 0.377. The van der Waals surface area contributed by atoms with Gasteiger partial charge in [0.1, 0.15) is 0 Å². The van der Waals surface area contributed by atoms with Crippen LogP contribution in [0.3, 0.4) is 0 Å². The molecule has 0 saturated carbocycles. The van der Waals surface area contributed by atoms with Crippen LogP contribution in [0.15, 0.2) is 17.3 Å². The van der Waals surface area contributed by atoms with E-state index in [2.05, 4.69) is 9.72 Å². The van der Waals surface area contributed by atoms with E-state index < -0.39 is 21.9 Å². The molecule has 0 aromatic carbocycles. The van der Waals surface area contributed by atoms with Crippen LogP contribution < -0.4 is 4.74 Å². The molecule has 6 heteroatoms. The van der Waals surface area contributed by atoms with Gasteiger partial charge in [0, 0.05) is 12.3 Å². The number of nitrogens with zero attached hydrogens (tertiary/aromatic N) is 1. The van der Waals surface area contributed by atoms with Crippen molar-refractivity contribution in [1.29, 1.82) is 0 Å². The van der Waals surface area contributed by atoms with Crippen molar-refractivity contribution in [1.82, 2.24) is 4.98 Å². The topological polar surface area (TPSA) is 59.4 Å². The van der Waals surface area contributed by atoms with E-state index in [1.54, 1.807) is 0 Å². The first kappa shape index (κ1) is 9.08. The molecule has 66 valence electrons. The molecular formula is C6H6FNO3S. The molecule has 1 rings (SSSR count). The molecule has 0 saturated heterocycles. The smallest absolute Gasteiger partial charge is 0.208 e. The van der Waals surface area contributed by atoms with Gasteiger partial charge in [-0.3, -0.25) is 0 Å². The van der Waals surface area contributed by atoms with E-state index in [0.29, 0.717) is 0 Å². The van der Waals surface area contributed by atoms with Gasteiger partial charge in [0.2, 0.25) is 16.9 Å². The van der Waals surface area contributed by atoms with Crippen LogP contribution in [0.1, 0.15) is 0 Å². The average molecular weight is 191 g/mol. The molecule has 4 nitrogen and oxygen atoms in total. The summed E-state index contributed by atoms with van der Waals surface area (Å²) in [5, 5.41) is -0.519. The van der Waals surface area contributed by atoms with Gasteiger partial charge in [0.25, 0.3) is 0 Å². The molecule has 1 heterocycles. The Labute approximate surface area is 70.7 Å². The molecule has 0 aliphatic rings. The number of rotatable bonds is 2. The Bertz CT molecular complexity index is 318. The zero-order valence-corrected chi connectivity index (χ0v) is 6.97. The minimum absolute atomic E-state index is 0.0950. The van der Waals surface area contributed by atoms with Gasteiger partial charge in [-0.2, -0.15) is 4.39 Å². The Morgan fingerprint density at radius 1 is 1.75 bits per heavy atom. The minimum Gasteiger partial charge on any atom is -0.494 e. The number of aromatic nitrogens is 1. The van der Waals surface area contributed by atoms with Crippen LogP contribution in [0.5, 0.6) is 5.75 Å². The number of halogens is 1. The monoisotopic (exact) mass is 191 g/mol. The molecule has 1 aromatic rings. The molecule has 0 bridgehead atoms. The lowest BCUT2D eigenvalue weighted by Gasteiger charge is -2.02. The predicted octanol–water partition coefficient (Wildman–Crippen LogP) is 0.810. The summed E-state index contributed by atoms with van der Waals surface area (Å²) in [6.07, 6.45) is 1.20. The molecule has 0 fully saturated rings. The highest BCUT2D eigenvalue weighted by atomic mass is 32.2. The number of pyridine rings is 1. The van der Waals surface area contributed by atoms with Crippen LogP contribution in [0, 0.1) is 5.82 Å². The van der Waals surface area contributed by atoms with Crippen molar-refractivity contribution in [3.05, 3.63) is 18.1 Å². The summed E-state index contributed by atoms with van der Waals surface area (Å²) in [7, 11) is 1.27. The largest absolute Gasteiger partial charge is 0.494 e. The Hall–Kier alpha value is -1.01. The van der Waals surface area contributed by atoms with Gasteiger partial charge >= 0.3 is 0 Å². The fourth-order valence-corrected chi connectivity index (χ4v) is 1.09. The number of hydrogen-bond acceptors (Lipinski definition) is 3. The van der Waals surface area contributed by atoms with E-state index in [1.165, 1.54) is 19.4 Å². The second-order valence-corrected chi connectivity index (χ2v) is 2.77. The Morgan fingerprint density at radius 3 is 2.92 bits per heavy atom. The third-order valence-corrected chi connectivity index (χ3v) is 1.82. The van der Waals surface area contributed by atoms with Gasteiger partial charge in [-0.25, -0.2) is 9.19 Å². The van der Waals surface area contributed by atoms with E-state index in [1.807, 2.05) is 0 Å². The molecule has 1 N–H and O–H groups in total. The molecule has 0 radical (unpaired) electrons. The second kappa shape index (κ2) is 3.59. The fraction of sp³-hybridized carbons (Fsp3) is 0.167. The normalized spacial score (nSPS) is 12.6. The van der Waals surface area contributed by atoms with Crippen molar-refractivity contribution < 1.29 is 17.9 Å². The van der Waals surface area contributed by atoms with Crippen molar-refractivity contribution in [3.8, 4) is 5.75 Å². The highest BCUT2D eigenvalue weighted by molar-refractivity contribution is 7.79. The summed E-state index contributed by atoms with van der Waals surface area (Å²) in [5.41, 5.74) is 0. The van der Waals surface area contributed by atoms with Gasteiger partial charge < -0.3 is 9.29 Å². The van der Waals surface area contributed by atoms with Crippen molar-refractivity contribution in [2.24, 2.45) is 0 Å². The molecule has 12 heavy (non-hydrogen) atoms. The minimum atomic E-state index is -2.42. The van der Waals surface area contributed by atoms with E-state index in [-0.39, 0.29) is 5.75 Å². The molecule has 0 aliphatic heterocycles. The third-order valence-electron chi connectivity index (χ3n) is 1.21. The lowest BCUT2D eigenvalue weighted by atomic mass is 10.4. The summed E-state index contributed by atoms with van der Waals surface area (Å²) in [4.78, 5) is 3.38. The van der Waals surface area contributed by atoms with Gasteiger partial charge in [0.05, 0.1) is 7.11 Å². The standard InChI is InChI=1S/C6H6FNO3S/c1-11-4-2-3-8-6(5(4)7)12(9)10/h2-3H,1H3,(H,9,10). The van der Waals surface area contributed by atoms with Gasteiger partial charge in [0.15, 0.2) is 10.8 Å². The van der Waals surface area contributed by atoms with Crippen LogP contribution in [0.4, 0.5) is 4.39 Å². The van der Waals surface area contributed by atoms with Crippen molar-refractivity contribution in [2.45, 2.75) is 5.03 Å². The van der Waals surface area contributed by atoms with Crippen molar-refractivity contribution in [2.75, 3.05) is 7.11 Å². The van der Waals surface area contributed by atoms with E-state index in [9.17, 15) is 8.60 Å². The number of methoxy groups -OCH3 is 1. The second-order valence-electron chi connectivity index (χ2n) is 1.88. The predicted molar refractivity (Wildman–Crippen MR) is 39.8 cm³/mol. The molecule has 0 spiro atoms. The first-order valence-electron chi connectivity index (χ1n) is 2.96. The SMILES string of the molecule is COc1ccnc(S(=O)O)c1F. The van der Waals surface area contributed by atoms with E-state index in [4.69, 9.17) is 4.55 Å². The van der Waals surface area contributed by atoms with Crippen LogP contribution >= 0.6 is 0 Å². The molecule has 0 amide bonds. The zero-order valence-electron chi connectivity index (χ0n) is 6.15. The average Bonchev–Trinajstić information content (AvgIpc) is 2.04. The quantitative estimate of drug-likeness (QED) is 0.703. The summed E-state index contributed by atoms with van der Waals surface area (Å²) in [5.74, 6) is -0.997.